The quantitative estimate of drug-likeness (QED) is 0.669. The van der Waals surface area contributed by atoms with E-state index in [1.54, 1.807) is 23.3 Å². The van der Waals surface area contributed by atoms with Crippen LogP contribution in [-0.4, -0.2) is 66.7 Å². The SMILES string of the molecule is CCOC(=O)N1CCN(C(=NC)NCc2sc(C)nc2C)CC1. The molecule has 2 rings (SSSR count). The van der Waals surface area contributed by atoms with Crippen molar-refractivity contribution in [3.05, 3.63) is 15.6 Å². The number of aliphatic imine (C=N–C) groups is 1. The van der Waals surface area contributed by atoms with Crippen LogP contribution in [0.1, 0.15) is 22.5 Å². The largest absolute Gasteiger partial charge is 0.450 e. The summed E-state index contributed by atoms with van der Waals surface area (Å²) in [4.78, 5) is 25.7. The van der Waals surface area contributed by atoms with Gasteiger partial charge in [-0.15, -0.1) is 11.3 Å². The number of carbonyl (C=O) groups excluding carboxylic acids is 1. The lowest BCUT2D eigenvalue weighted by Crippen LogP contribution is -2.53. The average Bonchev–Trinajstić information content (AvgIpc) is 2.86. The van der Waals surface area contributed by atoms with Gasteiger partial charge in [-0.05, 0) is 20.8 Å². The van der Waals surface area contributed by atoms with E-state index in [-0.39, 0.29) is 6.09 Å². The second-order valence-electron chi connectivity index (χ2n) is 5.32. The highest BCUT2D eigenvalue weighted by Gasteiger charge is 2.23. The molecule has 2 heterocycles. The summed E-state index contributed by atoms with van der Waals surface area (Å²) >= 11 is 1.71. The number of carbonyl (C=O) groups is 1. The third-order valence-corrected chi connectivity index (χ3v) is 4.80. The van der Waals surface area contributed by atoms with Crippen molar-refractivity contribution < 1.29 is 9.53 Å². The maximum Gasteiger partial charge on any atom is 0.409 e. The lowest BCUT2D eigenvalue weighted by molar-refractivity contribution is 0.0914. The molecule has 0 spiro atoms. The number of thiazole rings is 1. The summed E-state index contributed by atoms with van der Waals surface area (Å²) in [6, 6.07) is 0. The van der Waals surface area contributed by atoms with Gasteiger partial charge in [-0.1, -0.05) is 0 Å². The Kier molecular flexibility index (Phi) is 6.20. The fourth-order valence-electron chi connectivity index (χ4n) is 2.54. The number of ether oxygens (including phenoxy) is 1. The topological polar surface area (TPSA) is 70.1 Å². The van der Waals surface area contributed by atoms with E-state index in [4.69, 9.17) is 4.74 Å². The minimum absolute atomic E-state index is 0.231. The van der Waals surface area contributed by atoms with E-state index in [0.717, 1.165) is 36.3 Å². The van der Waals surface area contributed by atoms with Gasteiger partial charge < -0.3 is 19.9 Å². The van der Waals surface area contributed by atoms with Gasteiger partial charge >= 0.3 is 6.09 Å². The van der Waals surface area contributed by atoms with E-state index in [9.17, 15) is 4.79 Å². The predicted octanol–water partition coefficient (Wildman–Crippen LogP) is 1.61. The lowest BCUT2D eigenvalue weighted by Gasteiger charge is -2.35. The Morgan fingerprint density at radius 2 is 1.96 bits per heavy atom. The summed E-state index contributed by atoms with van der Waals surface area (Å²) in [5.41, 5.74) is 1.07. The van der Waals surface area contributed by atoms with Gasteiger partial charge in [-0.3, -0.25) is 4.99 Å². The fourth-order valence-corrected chi connectivity index (χ4v) is 3.42. The van der Waals surface area contributed by atoms with Crippen LogP contribution in [0.15, 0.2) is 4.99 Å². The van der Waals surface area contributed by atoms with Crippen LogP contribution in [0.2, 0.25) is 0 Å². The average molecular weight is 339 g/mol. The van der Waals surface area contributed by atoms with Crippen molar-refractivity contribution in [1.29, 1.82) is 0 Å². The number of nitrogens with zero attached hydrogens (tertiary/aromatic N) is 4. The molecule has 1 aromatic heterocycles. The second kappa shape index (κ2) is 8.14. The summed E-state index contributed by atoms with van der Waals surface area (Å²) in [6.45, 7) is 9.81. The molecule has 0 unspecified atom stereocenters. The van der Waals surface area contributed by atoms with Crippen molar-refractivity contribution in [3.63, 3.8) is 0 Å². The summed E-state index contributed by atoms with van der Waals surface area (Å²) in [5, 5.41) is 4.47. The first-order valence-electron chi connectivity index (χ1n) is 7.85. The Hall–Kier alpha value is -1.83. The number of nitrogens with one attached hydrogen (secondary N) is 1. The summed E-state index contributed by atoms with van der Waals surface area (Å²) in [5.74, 6) is 0.860. The first-order valence-corrected chi connectivity index (χ1v) is 8.67. The second-order valence-corrected chi connectivity index (χ2v) is 6.60. The molecule has 1 amide bonds. The van der Waals surface area contributed by atoms with Crippen molar-refractivity contribution in [2.24, 2.45) is 4.99 Å². The lowest BCUT2D eigenvalue weighted by atomic mass is 10.3. The van der Waals surface area contributed by atoms with E-state index in [1.165, 1.54) is 4.88 Å². The first kappa shape index (κ1) is 17.5. The van der Waals surface area contributed by atoms with Crippen LogP contribution in [0, 0.1) is 13.8 Å². The number of rotatable bonds is 3. The molecule has 1 aromatic rings. The molecule has 0 atom stereocenters. The summed E-state index contributed by atoms with van der Waals surface area (Å²) < 4.78 is 5.04. The van der Waals surface area contributed by atoms with Crippen LogP contribution in [0.3, 0.4) is 0 Å². The van der Waals surface area contributed by atoms with E-state index in [1.807, 2.05) is 20.8 Å². The molecule has 1 fully saturated rings. The summed E-state index contributed by atoms with van der Waals surface area (Å²) in [7, 11) is 1.78. The molecule has 23 heavy (non-hydrogen) atoms. The number of hydrogen-bond donors (Lipinski definition) is 1. The smallest absolute Gasteiger partial charge is 0.409 e. The standard InChI is InChI=1S/C15H25N5O2S/c1-5-22-15(21)20-8-6-19(7-9-20)14(16-4)17-10-13-11(2)18-12(3)23-13/h5-10H2,1-4H3,(H,16,17). The molecule has 1 aliphatic heterocycles. The number of hydrogen-bond acceptors (Lipinski definition) is 5. The zero-order chi connectivity index (χ0) is 16.8. The van der Waals surface area contributed by atoms with Gasteiger partial charge in [0.15, 0.2) is 5.96 Å². The van der Waals surface area contributed by atoms with Crippen LogP contribution in [0.25, 0.3) is 0 Å². The molecule has 0 radical (unpaired) electrons. The van der Waals surface area contributed by atoms with Gasteiger partial charge in [0.2, 0.25) is 0 Å². The molecule has 128 valence electrons. The Bertz CT molecular complexity index is 564. The van der Waals surface area contributed by atoms with Gasteiger partial charge in [0.25, 0.3) is 0 Å². The molecule has 0 saturated carbocycles. The van der Waals surface area contributed by atoms with Gasteiger partial charge in [0, 0.05) is 38.1 Å². The van der Waals surface area contributed by atoms with Crippen molar-refractivity contribution in [2.45, 2.75) is 27.3 Å². The predicted molar refractivity (Wildman–Crippen MR) is 92.0 cm³/mol. The molecule has 8 heteroatoms. The zero-order valence-corrected chi connectivity index (χ0v) is 15.1. The molecule has 0 bridgehead atoms. The Balaban J connectivity index is 1.86. The summed E-state index contributed by atoms with van der Waals surface area (Å²) in [6.07, 6.45) is -0.231. The number of aromatic nitrogens is 1. The minimum Gasteiger partial charge on any atom is -0.450 e. The number of piperazine rings is 1. The third kappa shape index (κ3) is 4.57. The Morgan fingerprint density at radius 3 is 2.48 bits per heavy atom. The highest BCUT2D eigenvalue weighted by molar-refractivity contribution is 7.11. The maximum absolute atomic E-state index is 11.7. The molecular weight excluding hydrogens is 314 g/mol. The molecule has 1 saturated heterocycles. The van der Waals surface area contributed by atoms with E-state index in [0.29, 0.717) is 19.7 Å². The van der Waals surface area contributed by atoms with Crippen molar-refractivity contribution in [1.82, 2.24) is 20.1 Å². The van der Waals surface area contributed by atoms with E-state index >= 15 is 0 Å². The molecule has 0 aromatic carbocycles. The van der Waals surface area contributed by atoms with Crippen LogP contribution < -0.4 is 5.32 Å². The molecule has 0 aliphatic carbocycles. The Labute approximate surface area is 141 Å². The Morgan fingerprint density at radius 1 is 1.30 bits per heavy atom. The van der Waals surface area contributed by atoms with Gasteiger partial charge in [-0.25, -0.2) is 9.78 Å². The monoisotopic (exact) mass is 339 g/mol. The van der Waals surface area contributed by atoms with Crippen molar-refractivity contribution >= 4 is 23.4 Å². The third-order valence-electron chi connectivity index (χ3n) is 3.72. The number of aryl methyl sites for hydroxylation is 2. The normalized spacial score (nSPS) is 15.7. The van der Waals surface area contributed by atoms with Gasteiger partial charge in [-0.2, -0.15) is 0 Å². The van der Waals surface area contributed by atoms with E-state index in [2.05, 4.69) is 20.2 Å². The fraction of sp³-hybridized carbons (Fsp3) is 0.667. The molecule has 7 nitrogen and oxygen atoms in total. The van der Waals surface area contributed by atoms with E-state index < -0.39 is 0 Å². The molecule has 1 aliphatic rings. The number of guanidine groups is 1. The maximum atomic E-state index is 11.7. The molecule has 1 N–H and O–H groups in total. The number of amides is 1. The highest BCUT2D eigenvalue weighted by atomic mass is 32.1. The van der Waals surface area contributed by atoms with Gasteiger partial charge in [0.1, 0.15) is 0 Å². The van der Waals surface area contributed by atoms with Gasteiger partial charge in [0.05, 0.1) is 23.9 Å². The minimum atomic E-state index is -0.231. The van der Waals surface area contributed by atoms with Crippen LogP contribution >= 0.6 is 11.3 Å². The highest BCUT2D eigenvalue weighted by Crippen LogP contribution is 2.16. The zero-order valence-electron chi connectivity index (χ0n) is 14.3. The van der Waals surface area contributed by atoms with Crippen LogP contribution in [-0.2, 0) is 11.3 Å². The van der Waals surface area contributed by atoms with Crippen molar-refractivity contribution in [2.75, 3.05) is 39.8 Å². The van der Waals surface area contributed by atoms with Crippen LogP contribution in [0.4, 0.5) is 4.79 Å². The molecular formula is C15H25N5O2S. The first-order chi connectivity index (χ1) is 11.0. The van der Waals surface area contributed by atoms with Crippen LogP contribution in [0.5, 0.6) is 0 Å². The van der Waals surface area contributed by atoms with Crippen molar-refractivity contribution in [3.8, 4) is 0 Å².